The van der Waals surface area contributed by atoms with E-state index in [9.17, 15) is 27.9 Å². The summed E-state index contributed by atoms with van der Waals surface area (Å²) in [5.74, 6) is -0.524. The van der Waals surface area contributed by atoms with E-state index in [-0.39, 0.29) is 28.4 Å². The smallest absolute Gasteiger partial charge is 0.417 e. The largest absolute Gasteiger partial charge is 0.478 e. The molecule has 0 aliphatic carbocycles. The highest BCUT2D eigenvalue weighted by atomic mass is 19.4. The van der Waals surface area contributed by atoms with E-state index in [1.807, 2.05) is 35.2 Å². The van der Waals surface area contributed by atoms with E-state index in [1.54, 1.807) is 19.1 Å². The molecule has 190 valence electrons. The zero-order chi connectivity index (χ0) is 26.3. The second kappa shape index (κ2) is 9.27. The molecule has 0 bridgehead atoms. The van der Waals surface area contributed by atoms with Crippen LogP contribution >= 0.6 is 0 Å². The molecule has 0 amide bonds. The third kappa shape index (κ3) is 4.74. The molecule has 1 unspecified atom stereocenters. The number of alkyl halides is 3. The number of carbonyl (C=O) groups is 1. The standard InChI is InChI=1S/C27H23F3N4O3/c1-16(31-22-10-6-5-9-20(22)26(36)37)21-11-19(27(28,29)30)15-34-24(35)12-23(32-25(21)34)33-13-18(14-33)17-7-3-2-4-8-17/h2-12,15-16,18,31H,13-14H2,1H3,(H,36,37). The topological polar surface area (TPSA) is 86.9 Å². The fourth-order valence-corrected chi connectivity index (χ4v) is 4.56. The van der Waals surface area contributed by atoms with Crippen LogP contribution < -0.4 is 15.8 Å². The quantitative estimate of drug-likeness (QED) is 0.373. The Hall–Kier alpha value is -4.34. The van der Waals surface area contributed by atoms with Crippen LogP contribution in [0.1, 0.15) is 45.9 Å². The summed E-state index contributed by atoms with van der Waals surface area (Å²) in [5.41, 5.74) is -0.0511. The number of fused-ring (bicyclic) bond motifs is 1. The monoisotopic (exact) mass is 508 g/mol. The Labute approximate surface area is 209 Å². The molecule has 1 aliphatic heterocycles. The van der Waals surface area contributed by atoms with Gasteiger partial charge < -0.3 is 15.3 Å². The van der Waals surface area contributed by atoms with Crippen molar-refractivity contribution in [3.8, 4) is 0 Å². The van der Waals surface area contributed by atoms with Gasteiger partial charge in [0.25, 0.3) is 5.56 Å². The number of carboxylic acids is 1. The number of rotatable bonds is 6. The van der Waals surface area contributed by atoms with Crippen molar-refractivity contribution < 1.29 is 23.1 Å². The molecular weight excluding hydrogens is 485 g/mol. The normalized spacial score (nSPS) is 14.9. The van der Waals surface area contributed by atoms with Crippen molar-refractivity contribution in [3.05, 3.63) is 106 Å². The Morgan fingerprint density at radius 3 is 2.43 bits per heavy atom. The molecule has 4 aromatic rings. The Kier molecular flexibility index (Phi) is 6.10. The summed E-state index contributed by atoms with van der Waals surface area (Å²) in [6.07, 6.45) is -3.95. The minimum Gasteiger partial charge on any atom is -0.478 e. The maximum Gasteiger partial charge on any atom is 0.417 e. The first kappa shape index (κ1) is 24.4. The zero-order valence-corrected chi connectivity index (χ0v) is 19.7. The van der Waals surface area contributed by atoms with Gasteiger partial charge in [-0.3, -0.25) is 9.20 Å². The number of hydrogen-bond donors (Lipinski definition) is 2. The van der Waals surface area contributed by atoms with Gasteiger partial charge in [-0.05, 0) is 30.7 Å². The number of aromatic nitrogens is 2. The number of pyridine rings is 1. The van der Waals surface area contributed by atoms with Crippen molar-refractivity contribution in [2.75, 3.05) is 23.3 Å². The van der Waals surface area contributed by atoms with Crippen LogP contribution in [0, 0.1) is 0 Å². The van der Waals surface area contributed by atoms with Gasteiger partial charge in [0.1, 0.15) is 11.5 Å². The van der Waals surface area contributed by atoms with Crippen molar-refractivity contribution in [2.45, 2.75) is 25.1 Å². The van der Waals surface area contributed by atoms with Crippen molar-refractivity contribution in [1.29, 1.82) is 0 Å². The number of benzene rings is 2. The van der Waals surface area contributed by atoms with Crippen molar-refractivity contribution in [1.82, 2.24) is 9.38 Å². The summed E-state index contributed by atoms with van der Waals surface area (Å²) in [7, 11) is 0. The number of nitrogens with one attached hydrogen (secondary N) is 1. The number of hydrogen-bond acceptors (Lipinski definition) is 5. The molecular formula is C27H23F3N4O3. The number of carboxylic acid groups (broad SMARTS) is 1. The summed E-state index contributed by atoms with van der Waals surface area (Å²) < 4.78 is 42.1. The number of para-hydroxylation sites is 1. The predicted octanol–water partition coefficient (Wildman–Crippen LogP) is 5.19. The van der Waals surface area contributed by atoms with E-state index in [0.29, 0.717) is 18.9 Å². The Bertz CT molecular complexity index is 1530. The van der Waals surface area contributed by atoms with E-state index in [0.717, 1.165) is 16.7 Å². The Morgan fingerprint density at radius 1 is 1.08 bits per heavy atom. The van der Waals surface area contributed by atoms with Gasteiger partial charge in [0, 0.05) is 42.5 Å². The van der Waals surface area contributed by atoms with Crippen LogP contribution in [0.15, 0.2) is 77.7 Å². The summed E-state index contributed by atoms with van der Waals surface area (Å²) in [6.45, 7) is 2.85. The summed E-state index contributed by atoms with van der Waals surface area (Å²) in [6, 6.07) is 17.4. The van der Waals surface area contributed by atoms with Crippen LogP contribution in [0.3, 0.4) is 0 Å². The third-order valence-electron chi connectivity index (χ3n) is 6.58. The molecule has 1 fully saturated rings. The van der Waals surface area contributed by atoms with Crippen LogP contribution in [0.2, 0.25) is 0 Å². The second-order valence-corrected chi connectivity index (χ2v) is 9.06. The maximum atomic E-state index is 13.7. The van der Waals surface area contributed by atoms with Crippen LogP contribution in [-0.2, 0) is 6.18 Å². The molecule has 7 nitrogen and oxygen atoms in total. The fourth-order valence-electron chi connectivity index (χ4n) is 4.56. The van der Waals surface area contributed by atoms with E-state index >= 15 is 0 Å². The lowest BCUT2D eigenvalue weighted by Gasteiger charge is -2.40. The first-order valence-electron chi connectivity index (χ1n) is 11.6. The second-order valence-electron chi connectivity index (χ2n) is 9.06. The highest BCUT2D eigenvalue weighted by molar-refractivity contribution is 5.94. The highest BCUT2D eigenvalue weighted by Crippen LogP contribution is 2.35. The SMILES string of the molecule is CC(Nc1ccccc1C(=O)O)c1cc(C(F)(F)F)cn2c(=O)cc(N3CC(c4ccccc4)C3)nc12. The van der Waals surface area contributed by atoms with E-state index in [2.05, 4.69) is 10.3 Å². The molecule has 2 N–H and O–H groups in total. The minimum atomic E-state index is -4.69. The number of halogens is 3. The lowest BCUT2D eigenvalue weighted by atomic mass is 9.91. The van der Waals surface area contributed by atoms with Crippen LogP contribution in [0.25, 0.3) is 5.65 Å². The lowest BCUT2D eigenvalue weighted by Crippen LogP contribution is -2.46. The average Bonchev–Trinajstić information content (AvgIpc) is 2.83. The first-order chi connectivity index (χ1) is 17.6. The summed E-state index contributed by atoms with van der Waals surface area (Å²) >= 11 is 0. The fraction of sp³-hybridized carbons (Fsp3) is 0.222. The molecule has 1 atom stereocenters. The van der Waals surface area contributed by atoms with Crippen molar-refractivity contribution in [2.24, 2.45) is 0 Å². The van der Waals surface area contributed by atoms with Gasteiger partial charge in [-0.1, -0.05) is 42.5 Å². The van der Waals surface area contributed by atoms with Crippen molar-refractivity contribution in [3.63, 3.8) is 0 Å². The van der Waals surface area contributed by atoms with E-state index < -0.39 is 29.3 Å². The molecule has 3 heterocycles. The van der Waals surface area contributed by atoms with Gasteiger partial charge in [-0.2, -0.15) is 13.2 Å². The van der Waals surface area contributed by atoms with Gasteiger partial charge in [0.2, 0.25) is 0 Å². The molecule has 5 rings (SSSR count). The van der Waals surface area contributed by atoms with Crippen LogP contribution in [0.5, 0.6) is 0 Å². The van der Waals surface area contributed by atoms with Crippen LogP contribution in [-0.4, -0.2) is 33.6 Å². The molecule has 2 aromatic carbocycles. The minimum absolute atomic E-state index is 0.0241. The molecule has 1 aliphatic rings. The highest BCUT2D eigenvalue weighted by Gasteiger charge is 2.34. The third-order valence-corrected chi connectivity index (χ3v) is 6.58. The molecule has 0 spiro atoms. The maximum absolute atomic E-state index is 13.7. The summed E-state index contributed by atoms with van der Waals surface area (Å²) in [4.78, 5) is 31.1. The molecule has 37 heavy (non-hydrogen) atoms. The predicted molar refractivity (Wildman–Crippen MR) is 133 cm³/mol. The number of aromatic carboxylic acids is 1. The molecule has 1 saturated heterocycles. The lowest BCUT2D eigenvalue weighted by molar-refractivity contribution is -0.137. The van der Waals surface area contributed by atoms with Crippen molar-refractivity contribution >= 4 is 23.1 Å². The number of anilines is 2. The van der Waals surface area contributed by atoms with Crippen LogP contribution in [0.4, 0.5) is 24.7 Å². The molecule has 2 aromatic heterocycles. The average molecular weight is 509 g/mol. The van der Waals surface area contributed by atoms with Gasteiger partial charge in [0.05, 0.1) is 17.2 Å². The van der Waals surface area contributed by atoms with Gasteiger partial charge >= 0.3 is 12.1 Å². The first-order valence-corrected chi connectivity index (χ1v) is 11.6. The Morgan fingerprint density at radius 2 is 1.76 bits per heavy atom. The molecule has 0 saturated carbocycles. The van der Waals surface area contributed by atoms with Gasteiger partial charge in [-0.15, -0.1) is 0 Å². The van der Waals surface area contributed by atoms with Gasteiger partial charge in [-0.25, -0.2) is 9.78 Å². The van der Waals surface area contributed by atoms with Gasteiger partial charge in [0.15, 0.2) is 0 Å². The Balaban J connectivity index is 1.55. The van der Waals surface area contributed by atoms with E-state index in [1.165, 1.54) is 23.8 Å². The summed E-state index contributed by atoms with van der Waals surface area (Å²) in [5, 5.41) is 12.5. The zero-order valence-electron chi connectivity index (χ0n) is 19.7. The number of nitrogens with zero attached hydrogens (tertiary/aromatic N) is 3. The molecule has 0 radical (unpaired) electrons. The van der Waals surface area contributed by atoms with E-state index in [4.69, 9.17) is 0 Å². The molecule has 10 heteroatoms.